The molecule has 0 bridgehead atoms. The number of methoxy groups -OCH3 is 1. The van der Waals surface area contributed by atoms with Crippen molar-refractivity contribution in [1.29, 1.82) is 0 Å². The van der Waals surface area contributed by atoms with E-state index in [4.69, 9.17) is 26.8 Å². The number of hydrogen-bond donors (Lipinski definition) is 1. The van der Waals surface area contributed by atoms with Gasteiger partial charge in [-0.05, 0) is 31.5 Å². The maximum Gasteiger partial charge on any atom is 0.125 e. The predicted octanol–water partition coefficient (Wildman–Crippen LogP) is 3.82. The number of rotatable bonds is 6. The molecule has 2 aromatic rings. The van der Waals surface area contributed by atoms with Crippen LogP contribution in [0.1, 0.15) is 18.1 Å². The van der Waals surface area contributed by atoms with Gasteiger partial charge in [0.2, 0.25) is 0 Å². The minimum atomic E-state index is 0.0264. The van der Waals surface area contributed by atoms with Crippen molar-refractivity contribution in [1.82, 2.24) is 0 Å². The lowest BCUT2D eigenvalue weighted by molar-refractivity contribution is 0.293. The molecule has 0 aliphatic rings. The molecule has 0 aliphatic carbocycles. The Labute approximate surface area is 130 Å². The second-order valence-corrected chi connectivity index (χ2v) is 5.41. The standard InChI is InChI=1S/C17H20ClNO2/c1-12(19)10-14-15(18)7-5-9-17(14)21-11-13-6-3-4-8-16(13)20-2/h3-9,12H,10-11,19H2,1-2H3. The van der Waals surface area contributed by atoms with Crippen molar-refractivity contribution >= 4 is 11.6 Å². The van der Waals surface area contributed by atoms with Crippen molar-refractivity contribution in [2.75, 3.05) is 7.11 Å². The Hall–Kier alpha value is -1.71. The second kappa shape index (κ2) is 7.34. The maximum absolute atomic E-state index is 6.25. The first kappa shape index (κ1) is 15.7. The quantitative estimate of drug-likeness (QED) is 0.882. The maximum atomic E-state index is 6.25. The van der Waals surface area contributed by atoms with E-state index in [2.05, 4.69) is 0 Å². The molecular weight excluding hydrogens is 286 g/mol. The molecule has 0 aromatic heterocycles. The van der Waals surface area contributed by atoms with Gasteiger partial charge in [0, 0.05) is 22.2 Å². The largest absolute Gasteiger partial charge is 0.496 e. The topological polar surface area (TPSA) is 44.5 Å². The molecule has 0 amide bonds. The van der Waals surface area contributed by atoms with E-state index in [1.54, 1.807) is 7.11 Å². The van der Waals surface area contributed by atoms with Gasteiger partial charge in [-0.25, -0.2) is 0 Å². The number of halogens is 1. The summed E-state index contributed by atoms with van der Waals surface area (Å²) in [4.78, 5) is 0. The summed E-state index contributed by atoms with van der Waals surface area (Å²) in [7, 11) is 1.65. The molecule has 1 unspecified atom stereocenters. The lowest BCUT2D eigenvalue weighted by Gasteiger charge is -2.15. The van der Waals surface area contributed by atoms with Gasteiger partial charge in [0.05, 0.1) is 7.11 Å². The van der Waals surface area contributed by atoms with Crippen LogP contribution in [0.2, 0.25) is 5.02 Å². The molecule has 2 rings (SSSR count). The van der Waals surface area contributed by atoms with Crippen molar-refractivity contribution in [3.63, 3.8) is 0 Å². The number of para-hydroxylation sites is 1. The fourth-order valence-corrected chi connectivity index (χ4v) is 2.41. The van der Waals surface area contributed by atoms with Crippen molar-refractivity contribution in [2.24, 2.45) is 5.73 Å². The normalized spacial score (nSPS) is 12.0. The molecule has 0 spiro atoms. The lowest BCUT2D eigenvalue weighted by Crippen LogP contribution is -2.18. The van der Waals surface area contributed by atoms with Crippen LogP contribution in [0.3, 0.4) is 0 Å². The van der Waals surface area contributed by atoms with Gasteiger partial charge in [0.25, 0.3) is 0 Å². The molecule has 21 heavy (non-hydrogen) atoms. The van der Waals surface area contributed by atoms with E-state index in [1.165, 1.54) is 0 Å². The molecule has 0 fully saturated rings. The Bertz CT molecular complexity index is 599. The molecule has 0 saturated heterocycles. The van der Waals surface area contributed by atoms with Crippen molar-refractivity contribution < 1.29 is 9.47 Å². The SMILES string of the molecule is COc1ccccc1COc1cccc(Cl)c1CC(C)N. The van der Waals surface area contributed by atoms with Gasteiger partial charge in [-0.2, -0.15) is 0 Å². The molecule has 112 valence electrons. The van der Waals surface area contributed by atoms with Crippen LogP contribution >= 0.6 is 11.6 Å². The van der Waals surface area contributed by atoms with Crippen LogP contribution in [-0.4, -0.2) is 13.2 Å². The van der Waals surface area contributed by atoms with E-state index < -0.39 is 0 Å². The molecule has 0 heterocycles. The van der Waals surface area contributed by atoms with E-state index in [0.29, 0.717) is 18.1 Å². The minimum Gasteiger partial charge on any atom is -0.496 e. The first-order chi connectivity index (χ1) is 10.1. The van der Waals surface area contributed by atoms with Gasteiger partial charge >= 0.3 is 0 Å². The highest BCUT2D eigenvalue weighted by Crippen LogP contribution is 2.29. The lowest BCUT2D eigenvalue weighted by atomic mass is 10.1. The molecule has 2 N–H and O–H groups in total. The van der Waals surface area contributed by atoms with Gasteiger partial charge in [-0.15, -0.1) is 0 Å². The summed E-state index contributed by atoms with van der Waals surface area (Å²) in [5.74, 6) is 1.58. The summed E-state index contributed by atoms with van der Waals surface area (Å²) in [6.45, 7) is 2.38. The van der Waals surface area contributed by atoms with Crippen molar-refractivity contribution in [3.05, 3.63) is 58.6 Å². The monoisotopic (exact) mass is 305 g/mol. The summed E-state index contributed by atoms with van der Waals surface area (Å²) >= 11 is 6.25. The van der Waals surface area contributed by atoms with Crippen LogP contribution in [0.15, 0.2) is 42.5 Å². The summed E-state index contributed by atoms with van der Waals surface area (Å²) in [6, 6.07) is 13.5. The Morgan fingerprint density at radius 3 is 2.52 bits per heavy atom. The zero-order valence-corrected chi connectivity index (χ0v) is 13.1. The molecule has 1 atom stereocenters. The zero-order valence-electron chi connectivity index (χ0n) is 12.3. The van der Waals surface area contributed by atoms with E-state index in [1.807, 2.05) is 49.4 Å². The number of benzene rings is 2. The third-order valence-electron chi connectivity index (χ3n) is 3.18. The number of nitrogens with two attached hydrogens (primary N) is 1. The van der Waals surface area contributed by atoms with Crippen LogP contribution in [-0.2, 0) is 13.0 Å². The smallest absolute Gasteiger partial charge is 0.125 e. The van der Waals surface area contributed by atoms with Crippen molar-refractivity contribution in [2.45, 2.75) is 26.0 Å². The Morgan fingerprint density at radius 2 is 1.81 bits per heavy atom. The van der Waals surface area contributed by atoms with Gasteiger partial charge in [-0.3, -0.25) is 0 Å². The number of hydrogen-bond acceptors (Lipinski definition) is 3. The fraction of sp³-hybridized carbons (Fsp3) is 0.294. The average Bonchev–Trinajstić information content (AvgIpc) is 2.48. The number of ether oxygens (including phenoxy) is 2. The second-order valence-electron chi connectivity index (χ2n) is 5.00. The highest BCUT2D eigenvalue weighted by molar-refractivity contribution is 6.31. The van der Waals surface area contributed by atoms with Crippen LogP contribution in [0.5, 0.6) is 11.5 Å². The van der Waals surface area contributed by atoms with Gasteiger partial charge < -0.3 is 15.2 Å². The van der Waals surface area contributed by atoms with Gasteiger partial charge in [0.15, 0.2) is 0 Å². The third kappa shape index (κ3) is 4.13. The van der Waals surface area contributed by atoms with E-state index in [-0.39, 0.29) is 6.04 Å². The minimum absolute atomic E-state index is 0.0264. The van der Waals surface area contributed by atoms with E-state index in [0.717, 1.165) is 22.6 Å². The first-order valence-electron chi connectivity index (χ1n) is 6.89. The van der Waals surface area contributed by atoms with Crippen LogP contribution in [0.25, 0.3) is 0 Å². The molecule has 3 nitrogen and oxygen atoms in total. The zero-order chi connectivity index (χ0) is 15.2. The van der Waals surface area contributed by atoms with Crippen molar-refractivity contribution in [3.8, 4) is 11.5 Å². The van der Waals surface area contributed by atoms with Gasteiger partial charge in [0.1, 0.15) is 18.1 Å². The van der Waals surface area contributed by atoms with E-state index >= 15 is 0 Å². The Morgan fingerprint density at radius 1 is 1.10 bits per heavy atom. The van der Waals surface area contributed by atoms with Gasteiger partial charge in [-0.1, -0.05) is 35.9 Å². The molecule has 4 heteroatoms. The summed E-state index contributed by atoms with van der Waals surface area (Å²) in [6.07, 6.45) is 0.681. The third-order valence-corrected chi connectivity index (χ3v) is 3.53. The Balaban J connectivity index is 2.18. The summed E-state index contributed by atoms with van der Waals surface area (Å²) in [5.41, 5.74) is 7.82. The molecule has 0 saturated carbocycles. The molecule has 0 aliphatic heterocycles. The first-order valence-corrected chi connectivity index (χ1v) is 7.27. The van der Waals surface area contributed by atoms with E-state index in [9.17, 15) is 0 Å². The molecule has 0 radical (unpaired) electrons. The van der Waals surface area contributed by atoms with Crippen LogP contribution in [0, 0.1) is 0 Å². The molecular formula is C17H20ClNO2. The predicted molar refractivity (Wildman–Crippen MR) is 86.1 cm³/mol. The fourth-order valence-electron chi connectivity index (χ4n) is 2.17. The van der Waals surface area contributed by atoms with Crippen LogP contribution < -0.4 is 15.2 Å². The van der Waals surface area contributed by atoms with Crippen LogP contribution in [0.4, 0.5) is 0 Å². The average molecular weight is 306 g/mol. The summed E-state index contributed by atoms with van der Waals surface area (Å²) in [5, 5.41) is 0.685. The highest BCUT2D eigenvalue weighted by atomic mass is 35.5. The Kier molecular flexibility index (Phi) is 5.48. The molecule has 2 aromatic carbocycles. The highest BCUT2D eigenvalue weighted by Gasteiger charge is 2.11. The summed E-state index contributed by atoms with van der Waals surface area (Å²) < 4.78 is 11.3.